The number of nitrogens with one attached hydrogen (secondary N) is 2. The molecule has 0 aliphatic heterocycles. The van der Waals surface area contributed by atoms with Crippen molar-refractivity contribution in [2.75, 3.05) is 19.7 Å². The molecule has 10 nitrogen and oxygen atoms in total. The van der Waals surface area contributed by atoms with E-state index in [2.05, 4.69) is 45.2 Å². The van der Waals surface area contributed by atoms with Crippen molar-refractivity contribution < 1.29 is 24.2 Å². The summed E-state index contributed by atoms with van der Waals surface area (Å²) in [5.41, 5.74) is 3.57. The fourth-order valence-electron chi connectivity index (χ4n) is 3.90. The second-order valence-corrected chi connectivity index (χ2v) is 8.99. The molecule has 0 bridgehead atoms. The molecular formula is C25H27N5O5. The number of carbonyl (C=O) groups excluding carboxylic acids is 2. The lowest BCUT2D eigenvalue weighted by molar-refractivity contribution is -0.146. The van der Waals surface area contributed by atoms with E-state index in [1.54, 1.807) is 0 Å². The Morgan fingerprint density at radius 3 is 2.29 bits per heavy atom. The van der Waals surface area contributed by atoms with Gasteiger partial charge in [0.15, 0.2) is 5.69 Å². The van der Waals surface area contributed by atoms with E-state index < -0.39 is 23.4 Å². The molecule has 0 spiro atoms. The van der Waals surface area contributed by atoms with E-state index in [4.69, 9.17) is 9.84 Å². The van der Waals surface area contributed by atoms with Gasteiger partial charge in [0.05, 0.1) is 18.2 Å². The summed E-state index contributed by atoms with van der Waals surface area (Å²) in [4.78, 5) is 35.6. The molecule has 0 fully saturated rings. The molecule has 2 aromatic carbocycles. The number of nitrogens with zero attached hydrogens (tertiary/aromatic N) is 3. The van der Waals surface area contributed by atoms with Crippen LogP contribution in [0, 0.1) is 5.41 Å². The number of amides is 2. The molecule has 10 heteroatoms. The Morgan fingerprint density at radius 1 is 1.03 bits per heavy atom. The van der Waals surface area contributed by atoms with Gasteiger partial charge in [0, 0.05) is 19.0 Å². The average molecular weight is 478 g/mol. The summed E-state index contributed by atoms with van der Waals surface area (Å²) in [5.74, 6) is -1.55. The number of benzene rings is 2. The minimum atomic E-state index is -1.10. The first-order chi connectivity index (χ1) is 16.8. The second kappa shape index (κ2) is 9.96. The predicted octanol–water partition coefficient (Wildman–Crippen LogP) is 2.66. The Morgan fingerprint density at radius 2 is 1.66 bits per heavy atom. The van der Waals surface area contributed by atoms with Crippen LogP contribution in [0.1, 0.15) is 41.4 Å². The van der Waals surface area contributed by atoms with Crippen LogP contribution in [-0.4, -0.2) is 57.8 Å². The van der Waals surface area contributed by atoms with Crippen LogP contribution in [0.3, 0.4) is 0 Å². The van der Waals surface area contributed by atoms with Gasteiger partial charge in [-0.15, -0.1) is 5.10 Å². The van der Waals surface area contributed by atoms with Crippen LogP contribution in [0.2, 0.25) is 0 Å². The summed E-state index contributed by atoms with van der Waals surface area (Å²) in [5, 5.41) is 22.0. The molecule has 0 unspecified atom stereocenters. The van der Waals surface area contributed by atoms with Gasteiger partial charge < -0.3 is 20.5 Å². The number of ether oxygens (including phenoxy) is 1. The number of hydrogen-bond donors (Lipinski definition) is 3. The van der Waals surface area contributed by atoms with E-state index in [1.165, 1.54) is 24.7 Å². The molecule has 35 heavy (non-hydrogen) atoms. The molecule has 182 valence electrons. The van der Waals surface area contributed by atoms with E-state index in [1.807, 2.05) is 24.3 Å². The number of hydrogen-bond acceptors (Lipinski definition) is 6. The largest absolute Gasteiger partial charge is 0.481 e. The number of aromatic nitrogens is 3. The zero-order valence-electron chi connectivity index (χ0n) is 19.5. The maximum atomic E-state index is 12.3. The number of carboxylic acid groups (broad SMARTS) is 1. The first kappa shape index (κ1) is 23.9. The minimum absolute atomic E-state index is 0.0179. The number of aliphatic carboxylic acids is 1. The van der Waals surface area contributed by atoms with Gasteiger partial charge in [-0.25, -0.2) is 9.48 Å². The summed E-state index contributed by atoms with van der Waals surface area (Å²) >= 11 is 0. The summed E-state index contributed by atoms with van der Waals surface area (Å²) in [6, 6.07) is 16.2. The summed E-state index contributed by atoms with van der Waals surface area (Å²) in [6.45, 7) is 3.72. The van der Waals surface area contributed by atoms with Crippen molar-refractivity contribution in [3.63, 3.8) is 0 Å². The fourth-order valence-corrected chi connectivity index (χ4v) is 3.90. The third kappa shape index (κ3) is 5.32. The molecule has 3 N–H and O–H groups in total. The van der Waals surface area contributed by atoms with E-state index in [9.17, 15) is 14.4 Å². The Bertz CT molecular complexity index is 1210. The zero-order chi connectivity index (χ0) is 25.0. The first-order valence-electron chi connectivity index (χ1n) is 11.3. The highest BCUT2D eigenvalue weighted by molar-refractivity contribution is 5.92. The summed E-state index contributed by atoms with van der Waals surface area (Å²) in [7, 11) is 0. The van der Waals surface area contributed by atoms with Crippen molar-refractivity contribution in [2.24, 2.45) is 5.41 Å². The minimum Gasteiger partial charge on any atom is -0.481 e. The van der Waals surface area contributed by atoms with Gasteiger partial charge in [0.1, 0.15) is 6.61 Å². The molecule has 1 aromatic heterocycles. The van der Waals surface area contributed by atoms with Crippen molar-refractivity contribution in [3.05, 3.63) is 71.5 Å². The standard InChI is InChI=1S/C25H27N5O5/c1-25(2,23(32)33)15-27-22(31)21-13-30(29-28-21)12-11-26-24(34)35-14-20-18-9-5-3-7-16(18)17-8-4-6-10-19(17)20/h3-10,13,20H,11-12,14-15H2,1-2H3,(H,26,34)(H,27,31)(H,32,33). The highest BCUT2D eigenvalue weighted by Crippen LogP contribution is 2.44. The van der Waals surface area contributed by atoms with Crippen molar-refractivity contribution in [1.82, 2.24) is 25.6 Å². The second-order valence-electron chi connectivity index (χ2n) is 8.99. The molecule has 1 heterocycles. The van der Waals surface area contributed by atoms with E-state index in [-0.39, 0.29) is 37.9 Å². The van der Waals surface area contributed by atoms with Crippen LogP contribution in [0.25, 0.3) is 11.1 Å². The van der Waals surface area contributed by atoms with Crippen molar-refractivity contribution in [2.45, 2.75) is 26.3 Å². The smallest absolute Gasteiger partial charge is 0.407 e. The maximum absolute atomic E-state index is 12.3. The summed E-state index contributed by atoms with van der Waals surface area (Å²) < 4.78 is 6.91. The molecule has 1 aliphatic rings. The van der Waals surface area contributed by atoms with E-state index >= 15 is 0 Å². The van der Waals surface area contributed by atoms with Crippen molar-refractivity contribution in [1.29, 1.82) is 0 Å². The Kier molecular flexibility index (Phi) is 6.81. The lowest BCUT2D eigenvalue weighted by Crippen LogP contribution is -2.39. The van der Waals surface area contributed by atoms with Crippen LogP contribution >= 0.6 is 0 Å². The van der Waals surface area contributed by atoms with Gasteiger partial charge in [0.2, 0.25) is 0 Å². The van der Waals surface area contributed by atoms with Crippen LogP contribution in [0.15, 0.2) is 54.7 Å². The first-order valence-corrected chi connectivity index (χ1v) is 11.3. The molecular weight excluding hydrogens is 450 g/mol. The van der Waals surface area contributed by atoms with Crippen molar-refractivity contribution in [3.8, 4) is 11.1 Å². The molecule has 3 aromatic rings. The molecule has 0 saturated carbocycles. The topological polar surface area (TPSA) is 135 Å². The number of carboxylic acids is 1. The number of rotatable bonds is 9. The van der Waals surface area contributed by atoms with Crippen LogP contribution < -0.4 is 10.6 Å². The predicted molar refractivity (Wildman–Crippen MR) is 127 cm³/mol. The number of fused-ring (bicyclic) bond motifs is 3. The van der Waals surface area contributed by atoms with Gasteiger partial charge in [-0.2, -0.15) is 0 Å². The third-order valence-electron chi connectivity index (χ3n) is 6.00. The highest BCUT2D eigenvalue weighted by atomic mass is 16.5. The van der Waals surface area contributed by atoms with E-state index in [0.29, 0.717) is 0 Å². The Hall–Kier alpha value is -4.21. The average Bonchev–Trinajstić information content (AvgIpc) is 3.44. The number of carbonyl (C=O) groups is 3. The Labute approximate surface area is 202 Å². The lowest BCUT2D eigenvalue weighted by Gasteiger charge is -2.18. The maximum Gasteiger partial charge on any atom is 0.407 e. The van der Waals surface area contributed by atoms with Gasteiger partial charge in [0.25, 0.3) is 5.91 Å². The van der Waals surface area contributed by atoms with Crippen LogP contribution in [-0.2, 0) is 16.1 Å². The molecule has 2 amide bonds. The quantitative estimate of drug-likeness (QED) is 0.431. The lowest BCUT2D eigenvalue weighted by atomic mass is 9.94. The molecule has 0 atom stereocenters. The van der Waals surface area contributed by atoms with E-state index in [0.717, 1.165) is 22.3 Å². The van der Waals surface area contributed by atoms with Gasteiger partial charge >= 0.3 is 12.1 Å². The molecule has 1 aliphatic carbocycles. The van der Waals surface area contributed by atoms with Gasteiger partial charge in [-0.1, -0.05) is 53.7 Å². The van der Waals surface area contributed by atoms with Gasteiger partial charge in [-0.05, 0) is 36.1 Å². The number of alkyl carbamates (subject to hydrolysis) is 1. The molecule has 0 radical (unpaired) electrons. The molecule has 4 rings (SSSR count). The monoisotopic (exact) mass is 477 g/mol. The zero-order valence-corrected chi connectivity index (χ0v) is 19.5. The van der Waals surface area contributed by atoms with Crippen LogP contribution in [0.4, 0.5) is 4.79 Å². The van der Waals surface area contributed by atoms with Crippen molar-refractivity contribution >= 4 is 18.0 Å². The third-order valence-corrected chi connectivity index (χ3v) is 6.00. The fraction of sp³-hybridized carbons (Fsp3) is 0.320. The van der Waals surface area contributed by atoms with Crippen LogP contribution in [0.5, 0.6) is 0 Å². The SMILES string of the molecule is CC(C)(CNC(=O)c1cn(CCNC(=O)OCC2c3ccccc3-c3ccccc32)nn1)C(=O)O. The van der Waals surface area contributed by atoms with Gasteiger partial charge in [-0.3, -0.25) is 9.59 Å². The molecule has 0 saturated heterocycles. The highest BCUT2D eigenvalue weighted by Gasteiger charge is 2.29. The summed E-state index contributed by atoms with van der Waals surface area (Å²) in [6.07, 6.45) is 0.892. The normalized spacial score (nSPS) is 12.5. The Balaban J connectivity index is 1.24.